The lowest BCUT2D eigenvalue weighted by molar-refractivity contribution is -0.136. The largest absolute Gasteiger partial charge is 0.504 e. The highest BCUT2D eigenvalue weighted by atomic mass is 16.5. The summed E-state index contributed by atoms with van der Waals surface area (Å²) in [6.07, 6.45) is 3.95. The zero-order chi connectivity index (χ0) is 24.7. The molecule has 5 heteroatoms. The average molecular weight is 467 g/mol. The molecule has 0 saturated heterocycles. The number of carbonyl (C=O) groups excluding carboxylic acids is 1. The second-order valence-electron chi connectivity index (χ2n) is 10.1. The molecular weight excluding hydrogens is 424 g/mol. The molecule has 0 saturated carbocycles. The van der Waals surface area contributed by atoms with Crippen molar-refractivity contribution in [2.45, 2.75) is 73.4 Å². The number of aromatic hydroxyl groups is 1. The molecule has 0 aromatic heterocycles. The molecule has 0 aliphatic carbocycles. The summed E-state index contributed by atoms with van der Waals surface area (Å²) in [5.41, 5.74) is 6.03. The van der Waals surface area contributed by atoms with Crippen LogP contribution in [0, 0.1) is 18.8 Å². The van der Waals surface area contributed by atoms with Gasteiger partial charge in [0.05, 0.1) is 6.61 Å². The van der Waals surface area contributed by atoms with Crippen LogP contribution in [0.15, 0.2) is 30.3 Å². The summed E-state index contributed by atoms with van der Waals surface area (Å²) in [7, 11) is 0. The van der Waals surface area contributed by atoms with Crippen LogP contribution in [0.3, 0.4) is 0 Å². The highest BCUT2D eigenvalue weighted by molar-refractivity contribution is 5.78. The van der Waals surface area contributed by atoms with E-state index in [1.165, 1.54) is 16.7 Å². The maximum absolute atomic E-state index is 13.4. The first-order valence-corrected chi connectivity index (χ1v) is 12.8. The van der Waals surface area contributed by atoms with Crippen molar-refractivity contribution >= 4 is 5.91 Å². The number of benzene rings is 2. The summed E-state index contributed by atoms with van der Waals surface area (Å²) in [5.74, 6) is 1.17. The van der Waals surface area contributed by atoms with E-state index < -0.39 is 0 Å². The normalized spacial score (nSPS) is 14.3. The Kier molecular flexibility index (Phi) is 9.40. The minimum Gasteiger partial charge on any atom is -0.504 e. The van der Waals surface area contributed by atoms with Crippen molar-refractivity contribution in [2.75, 3.05) is 19.7 Å². The lowest BCUT2D eigenvalue weighted by Crippen LogP contribution is -2.40. The van der Waals surface area contributed by atoms with Gasteiger partial charge in [0, 0.05) is 32.1 Å². The molecule has 1 amide bonds. The molecular formula is C29H42N2O3. The molecule has 1 heterocycles. The van der Waals surface area contributed by atoms with E-state index in [4.69, 9.17) is 4.74 Å². The number of hydrogen-bond acceptors (Lipinski definition) is 4. The van der Waals surface area contributed by atoms with Gasteiger partial charge in [0.1, 0.15) is 0 Å². The summed E-state index contributed by atoms with van der Waals surface area (Å²) in [6, 6.07) is 10.3. The number of phenols is 1. The van der Waals surface area contributed by atoms with Crippen LogP contribution in [0.4, 0.5) is 0 Å². The minimum absolute atomic E-state index is 0.133. The van der Waals surface area contributed by atoms with E-state index in [1.807, 2.05) is 11.8 Å². The van der Waals surface area contributed by atoms with Crippen molar-refractivity contribution in [2.24, 2.45) is 11.8 Å². The predicted molar refractivity (Wildman–Crippen MR) is 138 cm³/mol. The first-order valence-electron chi connectivity index (χ1n) is 12.8. The molecule has 0 bridgehead atoms. The molecule has 1 unspecified atom stereocenters. The fraction of sp³-hybridized carbons (Fsp3) is 0.552. The first-order chi connectivity index (χ1) is 16.3. The maximum atomic E-state index is 13.4. The summed E-state index contributed by atoms with van der Waals surface area (Å²) in [4.78, 5) is 15.4. The van der Waals surface area contributed by atoms with E-state index in [0.717, 1.165) is 43.4 Å². The molecule has 2 aromatic rings. The van der Waals surface area contributed by atoms with Crippen LogP contribution >= 0.6 is 0 Å². The van der Waals surface area contributed by atoms with Crippen molar-refractivity contribution in [1.82, 2.24) is 10.2 Å². The van der Waals surface area contributed by atoms with Crippen LogP contribution in [0.25, 0.3) is 0 Å². The van der Waals surface area contributed by atoms with Crippen molar-refractivity contribution in [1.29, 1.82) is 0 Å². The lowest BCUT2D eigenvalue weighted by atomic mass is 9.99. The van der Waals surface area contributed by atoms with Crippen LogP contribution in [0.5, 0.6) is 11.5 Å². The number of nitrogens with one attached hydrogen (secondary N) is 1. The number of phenolic OH excluding ortho intramolecular Hbond substituents is 1. The van der Waals surface area contributed by atoms with Crippen LogP contribution < -0.4 is 10.1 Å². The standard InChI is InChI=1S/C29H42N2O3/c1-6-26-21(4)10-9-12-25(26)17-30-16-22(5)29(33)31(18-20(2)3)19-23-14-24-11-7-8-13-34-28(24)27(32)15-23/h9-10,12,14-15,20,22,30,32H,6-8,11,13,16-19H2,1-5H3. The number of hydrogen-bond donors (Lipinski definition) is 2. The summed E-state index contributed by atoms with van der Waals surface area (Å²) < 4.78 is 5.76. The topological polar surface area (TPSA) is 61.8 Å². The van der Waals surface area contributed by atoms with Gasteiger partial charge in [-0.05, 0) is 72.4 Å². The van der Waals surface area contributed by atoms with Gasteiger partial charge < -0.3 is 20.1 Å². The Morgan fingerprint density at radius 2 is 2.00 bits per heavy atom. The van der Waals surface area contributed by atoms with Gasteiger partial charge in [-0.3, -0.25) is 4.79 Å². The zero-order valence-corrected chi connectivity index (χ0v) is 21.6. The van der Waals surface area contributed by atoms with E-state index in [0.29, 0.717) is 37.9 Å². The number of carbonyl (C=O) groups is 1. The SMILES string of the molecule is CCc1c(C)cccc1CNCC(C)C(=O)N(Cc1cc(O)c2c(c1)CCCCO2)CC(C)C. The van der Waals surface area contributed by atoms with Crippen LogP contribution in [0.2, 0.25) is 0 Å². The monoisotopic (exact) mass is 466 g/mol. The molecule has 1 aliphatic rings. The van der Waals surface area contributed by atoms with Gasteiger partial charge in [-0.15, -0.1) is 0 Å². The summed E-state index contributed by atoms with van der Waals surface area (Å²) in [6.45, 7) is 13.9. The first kappa shape index (κ1) is 26.1. The number of aryl methyl sites for hydroxylation is 2. The second kappa shape index (κ2) is 12.3. The molecule has 1 aliphatic heterocycles. The zero-order valence-electron chi connectivity index (χ0n) is 21.6. The van der Waals surface area contributed by atoms with Crippen molar-refractivity contribution in [3.8, 4) is 11.5 Å². The van der Waals surface area contributed by atoms with E-state index in [2.05, 4.69) is 57.3 Å². The third-order valence-electron chi connectivity index (χ3n) is 6.61. The molecule has 2 aromatic carbocycles. The van der Waals surface area contributed by atoms with Crippen LogP contribution in [-0.4, -0.2) is 35.6 Å². The number of nitrogens with zero attached hydrogens (tertiary/aromatic N) is 1. The predicted octanol–water partition coefficient (Wildman–Crippen LogP) is 5.39. The number of amides is 1. The molecule has 0 radical (unpaired) electrons. The van der Waals surface area contributed by atoms with Gasteiger partial charge in [0.25, 0.3) is 0 Å². The number of ether oxygens (including phenoxy) is 1. The van der Waals surface area contributed by atoms with Gasteiger partial charge in [-0.1, -0.05) is 52.0 Å². The van der Waals surface area contributed by atoms with Crippen molar-refractivity contribution in [3.05, 3.63) is 58.1 Å². The van der Waals surface area contributed by atoms with Crippen LogP contribution in [-0.2, 0) is 30.7 Å². The quantitative estimate of drug-likeness (QED) is 0.493. The molecule has 0 spiro atoms. The molecule has 2 N–H and O–H groups in total. The van der Waals surface area contributed by atoms with Gasteiger partial charge in [-0.25, -0.2) is 0 Å². The average Bonchev–Trinajstić information content (AvgIpc) is 3.04. The molecule has 34 heavy (non-hydrogen) atoms. The Bertz CT molecular complexity index is 970. The van der Waals surface area contributed by atoms with Gasteiger partial charge in [0.15, 0.2) is 11.5 Å². The molecule has 186 valence electrons. The third kappa shape index (κ3) is 6.75. The lowest BCUT2D eigenvalue weighted by Gasteiger charge is -2.28. The number of fused-ring (bicyclic) bond motifs is 1. The van der Waals surface area contributed by atoms with Gasteiger partial charge in [-0.2, -0.15) is 0 Å². The third-order valence-corrected chi connectivity index (χ3v) is 6.61. The number of rotatable bonds is 10. The van der Waals surface area contributed by atoms with E-state index in [9.17, 15) is 9.90 Å². The summed E-state index contributed by atoms with van der Waals surface area (Å²) >= 11 is 0. The van der Waals surface area contributed by atoms with E-state index in [-0.39, 0.29) is 17.6 Å². The Morgan fingerprint density at radius 3 is 2.74 bits per heavy atom. The highest BCUT2D eigenvalue weighted by Gasteiger charge is 2.23. The second-order valence-corrected chi connectivity index (χ2v) is 10.1. The van der Waals surface area contributed by atoms with E-state index >= 15 is 0 Å². The maximum Gasteiger partial charge on any atom is 0.226 e. The summed E-state index contributed by atoms with van der Waals surface area (Å²) in [5, 5.41) is 14.1. The van der Waals surface area contributed by atoms with Gasteiger partial charge >= 0.3 is 0 Å². The van der Waals surface area contributed by atoms with Crippen molar-refractivity contribution in [3.63, 3.8) is 0 Å². The smallest absolute Gasteiger partial charge is 0.226 e. The minimum atomic E-state index is -0.133. The Hall–Kier alpha value is -2.53. The molecule has 1 atom stereocenters. The van der Waals surface area contributed by atoms with Crippen LogP contribution in [0.1, 0.15) is 68.4 Å². The Balaban J connectivity index is 1.66. The Morgan fingerprint density at radius 1 is 1.21 bits per heavy atom. The fourth-order valence-electron chi connectivity index (χ4n) is 4.92. The van der Waals surface area contributed by atoms with Gasteiger partial charge in [0.2, 0.25) is 5.91 Å². The molecule has 5 nitrogen and oxygen atoms in total. The Labute approximate surface area is 205 Å². The molecule has 0 fully saturated rings. The highest BCUT2D eigenvalue weighted by Crippen LogP contribution is 2.35. The fourth-order valence-corrected chi connectivity index (χ4v) is 4.92. The van der Waals surface area contributed by atoms with E-state index in [1.54, 1.807) is 6.07 Å². The molecule has 3 rings (SSSR count). The van der Waals surface area contributed by atoms with Crippen molar-refractivity contribution < 1.29 is 14.6 Å².